The molecular formula is C29H24O3. The smallest absolute Gasteiger partial charge is 0.178 e. The molecule has 2 unspecified atom stereocenters. The summed E-state index contributed by atoms with van der Waals surface area (Å²) >= 11 is 0. The fourth-order valence-corrected chi connectivity index (χ4v) is 5.00. The molecule has 0 saturated carbocycles. The Morgan fingerprint density at radius 1 is 0.844 bits per heavy atom. The Morgan fingerprint density at radius 2 is 1.62 bits per heavy atom. The zero-order chi connectivity index (χ0) is 21.7. The third-order valence-electron chi connectivity index (χ3n) is 6.55. The topological polar surface area (TPSA) is 27.7 Å². The van der Waals surface area contributed by atoms with Crippen molar-refractivity contribution in [2.45, 2.75) is 25.0 Å². The highest BCUT2D eigenvalue weighted by atomic mass is 16.5. The highest BCUT2D eigenvalue weighted by Crippen LogP contribution is 2.46. The first-order valence-corrected chi connectivity index (χ1v) is 11.0. The Bertz CT molecular complexity index is 1360. The van der Waals surface area contributed by atoms with E-state index in [1.165, 1.54) is 16.3 Å². The van der Waals surface area contributed by atoms with Crippen LogP contribution in [0.3, 0.4) is 0 Å². The summed E-state index contributed by atoms with van der Waals surface area (Å²) in [7, 11) is 1.69. The van der Waals surface area contributed by atoms with Crippen molar-refractivity contribution in [2.24, 2.45) is 0 Å². The lowest BCUT2D eigenvalue weighted by Crippen LogP contribution is -2.34. The molecule has 4 aromatic rings. The predicted molar refractivity (Wildman–Crippen MR) is 128 cm³/mol. The third-order valence-corrected chi connectivity index (χ3v) is 6.55. The van der Waals surface area contributed by atoms with Gasteiger partial charge in [-0.25, -0.2) is 0 Å². The van der Waals surface area contributed by atoms with Crippen molar-refractivity contribution in [3.05, 3.63) is 107 Å². The molecule has 0 saturated heterocycles. The van der Waals surface area contributed by atoms with Crippen LogP contribution in [0.2, 0.25) is 0 Å². The average molecular weight is 421 g/mol. The third kappa shape index (κ3) is 2.81. The zero-order valence-electron chi connectivity index (χ0n) is 18.2. The van der Waals surface area contributed by atoms with Crippen LogP contribution in [-0.4, -0.2) is 13.2 Å². The minimum atomic E-state index is -0.731. The molecule has 0 spiro atoms. The summed E-state index contributed by atoms with van der Waals surface area (Å²) in [4.78, 5) is 0. The lowest BCUT2D eigenvalue weighted by atomic mass is 9.83. The van der Waals surface area contributed by atoms with Gasteiger partial charge in [0.15, 0.2) is 5.60 Å². The van der Waals surface area contributed by atoms with Gasteiger partial charge in [0.1, 0.15) is 23.4 Å². The van der Waals surface area contributed by atoms with Crippen LogP contribution in [-0.2, 0) is 12.0 Å². The number of hydrogen-bond donors (Lipinski definition) is 0. The van der Waals surface area contributed by atoms with Gasteiger partial charge in [0.2, 0.25) is 0 Å². The van der Waals surface area contributed by atoms with Gasteiger partial charge in [-0.1, -0.05) is 48.5 Å². The molecule has 3 heteroatoms. The molecule has 0 aliphatic carbocycles. The SMILES string of the molecule is COc1cccc(C2(c3ccccc3)C=Cc3c(ccc4c5c(ccc34)OC(C)C5)O2)c1. The summed E-state index contributed by atoms with van der Waals surface area (Å²) in [5.74, 6) is 2.68. The maximum absolute atomic E-state index is 6.87. The van der Waals surface area contributed by atoms with Gasteiger partial charge in [0.05, 0.1) is 7.11 Å². The van der Waals surface area contributed by atoms with E-state index in [4.69, 9.17) is 14.2 Å². The van der Waals surface area contributed by atoms with Gasteiger partial charge in [0.25, 0.3) is 0 Å². The van der Waals surface area contributed by atoms with Crippen LogP contribution < -0.4 is 14.2 Å². The van der Waals surface area contributed by atoms with Crippen LogP contribution in [0.5, 0.6) is 17.2 Å². The van der Waals surface area contributed by atoms with Crippen LogP contribution in [0.15, 0.2) is 84.9 Å². The Kier molecular flexibility index (Phi) is 4.25. The largest absolute Gasteiger partial charge is 0.497 e. The molecule has 0 fully saturated rings. The monoisotopic (exact) mass is 420 g/mol. The average Bonchev–Trinajstić information content (AvgIpc) is 3.24. The van der Waals surface area contributed by atoms with Crippen molar-refractivity contribution in [2.75, 3.05) is 7.11 Å². The fraction of sp³-hybridized carbons (Fsp3) is 0.172. The van der Waals surface area contributed by atoms with Crippen molar-refractivity contribution in [3.63, 3.8) is 0 Å². The van der Waals surface area contributed by atoms with Gasteiger partial charge in [-0.05, 0) is 60.2 Å². The summed E-state index contributed by atoms with van der Waals surface area (Å²) < 4.78 is 18.3. The number of methoxy groups -OCH3 is 1. The van der Waals surface area contributed by atoms with E-state index < -0.39 is 5.60 Å². The second kappa shape index (κ2) is 7.16. The summed E-state index contributed by atoms with van der Waals surface area (Å²) in [6, 6.07) is 27.0. The van der Waals surface area contributed by atoms with E-state index in [1.807, 2.05) is 18.2 Å². The first-order valence-electron chi connectivity index (χ1n) is 11.0. The molecule has 0 aromatic heterocycles. The summed E-state index contributed by atoms with van der Waals surface area (Å²) in [5, 5.41) is 2.44. The van der Waals surface area contributed by atoms with Crippen molar-refractivity contribution >= 4 is 16.8 Å². The molecule has 0 amide bonds. The van der Waals surface area contributed by atoms with Crippen LogP contribution in [0.1, 0.15) is 29.2 Å². The van der Waals surface area contributed by atoms with Gasteiger partial charge >= 0.3 is 0 Å². The second-order valence-electron chi connectivity index (χ2n) is 8.52. The van der Waals surface area contributed by atoms with E-state index in [9.17, 15) is 0 Å². The van der Waals surface area contributed by atoms with E-state index in [2.05, 4.69) is 79.7 Å². The first-order chi connectivity index (χ1) is 15.7. The normalized spacial score (nSPS) is 20.9. The van der Waals surface area contributed by atoms with Gasteiger partial charge in [-0.15, -0.1) is 0 Å². The van der Waals surface area contributed by atoms with Gasteiger partial charge in [-0.3, -0.25) is 0 Å². The number of ether oxygens (including phenoxy) is 3. The summed E-state index contributed by atoms with van der Waals surface area (Å²) in [6.07, 6.45) is 5.54. The van der Waals surface area contributed by atoms with E-state index in [0.29, 0.717) is 0 Å². The van der Waals surface area contributed by atoms with E-state index in [1.54, 1.807) is 7.11 Å². The number of fused-ring (bicyclic) bond motifs is 5. The van der Waals surface area contributed by atoms with Gasteiger partial charge in [-0.2, -0.15) is 0 Å². The number of hydrogen-bond acceptors (Lipinski definition) is 3. The molecule has 3 nitrogen and oxygen atoms in total. The van der Waals surface area contributed by atoms with Crippen molar-refractivity contribution in [3.8, 4) is 17.2 Å². The van der Waals surface area contributed by atoms with Crippen LogP contribution in [0.4, 0.5) is 0 Å². The van der Waals surface area contributed by atoms with Gasteiger partial charge < -0.3 is 14.2 Å². The first kappa shape index (κ1) is 19.0. The Balaban J connectivity index is 1.54. The Labute approximate surface area is 187 Å². The van der Waals surface area contributed by atoms with Crippen LogP contribution >= 0.6 is 0 Å². The highest BCUT2D eigenvalue weighted by Gasteiger charge is 2.38. The van der Waals surface area contributed by atoms with Crippen molar-refractivity contribution in [1.82, 2.24) is 0 Å². The zero-order valence-corrected chi connectivity index (χ0v) is 18.2. The van der Waals surface area contributed by atoms with Crippen LogP contribution in [0.25, 0.3) is 16.8 Å². The molecule has 2 aliphatic heterocycles. The lowest BCUT2D eigenvalue weighted by molar-refractivity contribution is 0.161. The molecular weight excluding hydrogens is 396 g/mol. The summed E-state index contributed by atoms with van der Waals surface area (Å²) in [5.41, 5.74) is 3.77. The Morgan fingerprint density at radius 3 is 2.47 bits per heavy atom. The molecule has 0 N–H and O–H groups in total. The number of benzene rings is 4. The molecule has 2 heterocycles. The van der Waals surface area contributed by atoms with Crippen molar-refractivity contribution < 1.29 is 14.2 Å². The molecule has 2 aliphatic rings. The molecule has 0 radical (unpaired) electrons. The Hall–Kier alpha value is -3.72. The number of rotatable bonds is 3. The molecule has 32 heavy (non-hydrogen) atoms. The van der Waals surface area contributed by atoms with Gasteiger partial charge in [0, 0.05) is 28.7 Å². The standard InChI is InChI=1S/C29H24O3/c1-19-17-26-24-12-14-28-25(23(24)11-13-27(26)31-19)15-16-29(32-28,20-7-4-3-5-8-20)21-9-6-10-22(18-21)30-2/h3-16,18-19H,17H2,1-2H3. The molecule has 0 bridgehead atoms. The maximum Gasteiger partial charge on any atom is 0.178 e. The van der Waals surface area contributed by atoms with E-state index >= 15 is 0 Å². The predicted octanol–water partition coefficient (Wildman–Crippen LogP) is 6.52. The minimum Gasteiger partial charge on any atom is -0.497 e. The van der Waals surface area contributed by atoms with E-state index in [-0.39, 0.29) is 6.10 Å². The summed E-state index contributed by atoms with van der Waals surface area (Å²) in [6.45, 7) is 2.12. The second-order valence-corrected chi connectivity index (χ2v) is 8.52. The molecule has 158 valence electrons. The molecule has 4 aromatic carbocycles. The van der Waals surface area contributed by atoms with E-state index in [0.717, 1.165) is 40.4 Å². The maximum atomic E-state index is 6.87. The van der Waals surface area contributed by atoms with Crippen LogP contribution in [0, 0.1) is 0 Å². The lowest BCUT2D eigenvalue weighted by Gasteiger charge is -2.36. The molecule has 6 rings (SSSR count). The molecule has 2 atom stereocenters. The quantitative estimate of drug-likeness (QED) is 0.378. The minimum absolute atomic E-state index is 0.220. The highest BCUT2D eigenvalue weighted by molar-refractivity contribution is 5.97. The van der Waals surface area contributed by atoms with Crippen molar-refractivity contribution in [1.29, 1.82) is 0 Å². The fourth-order valence-electron chi connectivity index (χ4n) is 5.00.